The molecule has 1 fully saturated rings. The quantitative estimate of drug-likeness (QED) is 0.353. The monoisotopic (exact) mass is 440 g/mol. The van der Waals surface area contributed by atoms with Gasteiger partial charge in [0.2, 0.25) is 0 Å². The molecule has 1 aliphatic carbocycles. The predicted octanol–water partition coefficient (Wildman–Crippen LogP) is 5.75. The smallest absolute Gasteiger partial charge is 0.312 e. The van der Waals surface area contributed by atoms with E-state index in [1.165, 1.54) is 6.42 Å². The predicted molar refractivity (Wildman–Crippen MR) is 120 cm³/mol. The summed E-state index contributed by atoms with van der Waals surface area (Å²) in [7, 11) is 0. The lowest BCUT2D eigenvalue weighted by Gasteiger charge is -2.38. The van der Waals surface area contributed by atoms with Gasteiger partial charge >= 0.3 is 17.9 Å². The van der Waals surface area contributed by atoms with E-state index in [2.05, 4.69) is 0 Å². The van der Waals surface area contributed by atoms with Crippen molar-refractivity contribution in [1.82, 2.24) is 0 Å². The Morgan fingerprint density at radius 3 is 1.71 bits per heavy atom. The minimum absolute atomic E-state index is 0.0641. The van der Waals surface area contributed by atoms with Crippen LogP contribution in [0.5, 0.6) is 0 Å². The Bertz CT molecular complexity index is 635. The second kappa shape index (κ2) is 10.4. The first-order chi connectivity index (χ1) is 14.0. The highest BCUT2D eigenvalue weighted by molar-refractivity contribution is 5.85. The molecule has 180 valence electrons. The molecular weight excluding hydrogens is 396 g/mol. The van der Waals surface area contributed by atoms with Crippen LogP contribution in [-0.4, -0.2) is 35.2 Å². The number of hydrogen-bond acceptors (Lipinski definition) is 6. The Labute approximate surface area is 188 Å². The lowest BCUT2D eigenvalue weighted by Crippen LogP contribution is -2.44. The molecular formula is C25H44O6. The van der Waals surface area contributed by atoms with Gasteiger partial charge in [0.05, 0.1) is 17.3 Å². The van der Waals surface area contributed by atoms with Crippen LogP contribution in [-0.2, 0) is 28.6 Å². The summed E-state index contributed by atoms with van der Waals surface area (Å²) < 4.78 is 17.0. The number of ether oxygens (including phenoxy) is 3. The summed E-state index contributed by atoms with van der Waals surface area (Å²) in [4.78, 5) is 39.0. The summed E-state index contributed by atoms with van der Waals surface area (Å²) in [5, 5.41) is 0. The van der Waals surface area contributed by atoms with Gasteiger partial charge < -0.3 is 14.2 Å². The van der Waals surface area contributed by atoms with Gasteiger partial charge in [-0.2, -0.15) is 0 Å². The molecule has 0 aromatic carbocycles. The van der Waals surface area contributed by atoms with Crippen molar-refractivity contribution in [3.63, 3.8) is 0 Å². The van der Waals surface area contributed by atoms with Crippen LogP contribution in [0.25, 0.3) is 0 Å². The first-order valence-corrected chi connectivity index (χ1v) is 11.7. The van der Waals surface area contributed by atoms with Crippen LogP contribution in [0.15, 0.2) is 0 Å². The van der Waals surface area contributed by atoms with Gasteiger partial charge in [0.1, 0.15) is 17.3 Å². The van der Waals surface area contributed by atoms with Crippen LogP contribution in [0.4, 0.5) is 0 Å². The van der Waals surface area contributed by atoms with E-state index in [0.717, 1.165) is 25.7 Å². The number of esters is 3. The maximum Gasteiger partial charge on any atom is 0.312 e. The van der Waals surface area contributed by atoms with Crippen molar-refractivity contribution in [2.24, 2.45) is 10.8 Å². The highest BCUT2D eigenvalue weighted by Gasteiger charge is 2.48. The van der Waals surface area contributed by atoms with Crippen LogP contribution in [0.2, 0.25) is 0 Å². The molecule has 0 N–H and O–H groups in total. The summed E-state index contributed by atoms with van der Waals surface area (Å²) in [6, 6.07) is 0. The standard InChI is InChI=1S/C25H44O6/c1-10-24(8,20(27)29-18-14-12-11-13-15-18)17-25(9,21(28)31-23(5,6)7)16-19(26)30-22(2,3)4/h18H,10-17H2,1-9H3. The fourth-order valence-electron chi connectivity index (χ4n) is 3.98. The Balaban J connectivity index is 3.11. The molecule has 1 saturated carbocycles. The van der Waals surface area contributed by atoms with E-state index in [4.69, 9.17) is 14.2 Å². The van der Waals surface area contributed by atoms with Crippen LogP contribution in [0, 0.1) is 10.8 Å². The third-order valence-corrected chi connectivity index (χ3v) is 5.73. The molecule has 0 bridgehead atoms. The zero-order chi connectivity index (χ0) is 24.1. The number of rotatable bonds is 8. The van der Waals surface area contributed by atoms with E-state index in [0.29, 0.717) is 6.42 Å². The van der Waals surface area contributed by atoms with Crippen molar-refractivity contribution >= 4 is 17.9 Å². The van der Waals surface area contributed by atoms with E-state index in [1.807, 2.05) is 13.8 Å². The lowest BCUT2D eigenvalue weighted by atomic mass is 9.69. The molecule has 0 saturated heterocycles. The van der Waals surface area contributed by atoms with Crippen molar-refractivity contribution < 1.29 is 28.6 Å². The number of hydrogen-bond donors (Lipinski definition) is 0. The molecule has 0 spiro atoms. The maximum atomic E-state index is 13.2. The maximum absolute atomic E-state index is 13.2. The van der Waals surface area contributed by atoms with Crippen LogP contribution in [0.3, 0.4) is 0 Å². The second-order valence-corrected chi connectivity index (χ2v) is 11.6. The van der Waals surface area contributed by atoms with Gasteiger partial charge in [-0.1, -0.05) is 13.3 Å². The van der Waals surface area contributed by atoms with Crippen LogP contribution in [0.1, 0.15) is 114 Å². The van der Waals surface area contributed by atoms with Crippen LogP contribution < -0.4 is 0 Å². The molecule has 1 rings (SSSR count). The van der Waals surface area contributed by atoms with Crippen molar-refractivity contribution in [2.75, 3.05) is 0 Å². The zero-order valence-corrected chi connectivity index (χ0v) is 21.2. The second-order valence-electron chi connectivity index (χ2n) is 11.6. The summed E-state index contributed by atoms with van der Waals surface area (Å²) >= 11 is 0. The van der Waals surface area contributed by atoms with E-state index >= 15 is 0 Å². The van der Waals surface area contributed by atoms with E-state index in [9.17, 15) is 14.4 Å². The van der Waals surface area contributed by atoms with Crippen LogP contribution >= 0.6 is 0 Å². The van der Waals surface area contributed by atoms with Gasteiger partial charge in [-0.05, 0) is 93.9 Å². The average Bonchev–Trinajstić information content (AvgIpc) is 2.59. The molecule has 0 amide bonds. The Morgan fingerprint density at radius 1 is 0.742 bits per heavy atom. The average molecular weight is 441 g/mol. The molecule has 0 radical (unpaired) electrons. The van der Waals surface area contributed by atoms with Gasteiger partial charge in [-0.15, -0.1) is 0 Å². The molecule has 2 unspecified atom stereocenters. The summed E-state index contributed by atoms with van der Waals surface area (Å²) in [6.45, 7) is 16.1. The molecule has 31 heavy (non-hydrogen) atoms. The summed E-state index contributed by atoms with van der Waals surface area (Å²) in [5.41, 5.74) is -3.51. The van der Waals surface area contributed by atoms with Crippen molar-refractivity contribution in [2.45, 2.75) is 131 Å². The first kappa shape index (κ1) is 27.4. The summed E-state index contributed by atoms with van der Waals surface area (Å²) in [6.07, 6.45) is 5.48. The molecule has 6 heteroatoms. The molecule has 0 aromatic rings. The van der Waals surface area contributed by atoms with Gasteiger partial charge in [0.25, 0.3) is 0 Å². The first-order valence-electron chi connectivity index (χ1n) is 11.7. The Kier molecular flexibility index (Phi) is 9.16. The zero-order valence-electron chi connectivity index (χ0n) is 21.2. The lowest BCUT2D eigenvalue weighted by molar-refractivity contribution is -0.180. The normalized spacial score (nSPS) is 19.6. The third kappa shape index (κ3) is 9.20. The molecule has 1 aliphatic rings. The molecule has 0 heterocycles. The Morgan fingerprint density at radius 2 is 1.26 bits per heavy atom. The van der Waals surface area contributed by atoms with E-state index < -0.39 is 34.0 Å². The minimum atomic E-state index is -1.22. The third-order valence-electron chi connectivity index (χ3n) is 5.73. The highest BCUT2D eigenvalue weighted by Crippen LogP contribution is 2.42. The van der Waals surface area contributed by atoms with Crippen molar-refractivity contribution in [3.05, 3.63) is 0 Å². The van der Waals surface area contributed by atoms with Gasteiger partial charge in [-0.25, -0.2) is 0 Å². The largest absolute Gasteiger partial charge is 0.462 e. The molecule has 2 atom stereocenters. The Hall–Kier alpha value is -1.59. The summed E-state index contributed by atoms with van der Waals surface area (Å²) in [5.74, 6) is -1.29. The number of carbonyl (C=O) groups excluding carboxylic acids is 3. The van der Waals surface area contributed by atoms with E-state index in [1.54, 1.807) is 48.5 Å². The topological polar surface area (TPSA) is 78.9 Å². The molecule has 0 aromatic heterocycles. The molecule has 6 nitrogen and oxygen atoms in total. The number of carbonyl (C=O) groups is 3. The van der Waals surface area contributed by atoms with Gasteiger partial charge in [0, 0.05) is 0 Å². The van der Waals surface area contributed by atoms with E-state index in [-0.39, 0.29) is 24.9 Å². The minimum Gasteiger partial charge on any atom is -0.462 e. The van der Waals surface area contributed by atoms with Gasteiger partial charge in [0.15, 0.2) is 0 Å². The highest BCUT2D eigenvalue weighted by atomic mass is 16.6. The van der Waals surface area contributed by atoms with Gasteiger partial charge in [-0.3, -0.25) is 14.4 Å². The fraction of sp³-hybridized carbons (Fsp3) is 0.880. The fourth-order valence-corrected chi connectivity index (χ4v) is 3.98. The van der Waals surface area contributed by atoms with Crippen molar-refractivity contribution in [3.8, 4) is 0 Å². The van der Waals surface area contributed by atoms with Crippen molar-refractivity contribution in [1.29, 1.82) is 0 Å². The molecule has 0 aliphatic heterocycles. The SMILES string of the molecule is CCC(C)(CC(C)(CC(=O)OC(C)(C)C)C(=O)OC(C)(C)C)C(=O)OC1CCCCC1.